The molecule has 3 heterocycles. The molecule has 6 rings (SSSR count). The van der Waals surface area contributed by atoms with Crippen molar-refractivity contribution in [3.63, 3.8) is 0 Å². The summed E-state index contributed by atoms with van der Waals surface area (Å²) in [6.45, 7) is 2.02. The van der Waals surface area contributed by atoms with Gasteiger partial charge in [0.25, 0.3) is 5.56 Å². The summed E-state index contributed by atoms with van der Waals surface area (Å²) in [5.41, 5.74) is 1.60. The van der Waals surface area contributed by atoms with Gasteiger partial charge in [0.2, 0.25) is 4.96 Å². The van der Waals surface area contributed by atoms with Crippen molar-refractivity contribution >= 4 is 28.1 Å². The smallest absolute Gasteiger partial charge is 0.311 e. The van der Waals surface area contributed by atoms with E-state index in [1.165, 1.54) is 12.1 Å². The predicted molar refractivity (Wildman–Crippen MR) is 154 cm³/mol. The van der Waals surface area contributed by atoms with Crippen molar-refractivity contribution in [2.45, 2.75) is 6.92 Å². The van der Waals surface area contributed by atoms with E-state index in [0.29, 0.717) is 22.4 Å². The fourth-order valence-electron chi connectivity index (χ4n) is 4.34. The summed E-state index contributed by atoms with van der Waals surface area (Å²) in [6.07, 6.45) is 3.36. The first-order chi connectivity index (χ1) is 19.9. The molecular weight excluding hydrogens is 544 g/mol. The Kier molecular flexibility index (Phi) is 6.65. The number of nitro groups is 1. The van der Waals surface area contributed by atoms with E-state index in [0.717, 1.165) is 21.5 Å². The topological polar surface area (TPSA) is 135 Å². The summed E-state index contributed by atoms with van der Waals surface area (Å²) in [6, 6.07) is 22.8. The number of para-hydroxylation sites is 1. The monoisotopic (exact) mass is 564 g/mol. The molecule has 0 saturated heterocycles. The largest absolute Gasteiger partial charge is 0.487 e. The van der Waals surface area contributed by atoms with Crippen LogP contribution in [0.5, 0.6) is 5.75 Å². The average Bonchev–Trinajstić information content (AvgIpc) is 3.54. The Bertz CT molecular complexity index is 2090. The minimum atomic E-state index is -0.539. The van der Waals surface area contributed by atoms with Crippen LogP contribution in [0, 0.1) is 10.1 Å². The minimum Gasteiger partial charge on any atom is -0.487 e. The van der Waals surface area contributed by atoms with Crippen LogP contribution in [-0.4, -0.2) is 35.9 Å². The van der Waals surface area contributed by atoms with Gasteiger partial charge in [0.05, 0.1) is 21.7 Å². The SMILES string of the molecule is CCOc1ccc(-c2nn(-c3ccccc3)cc2C=c2sc3nc(=O)c(-c4ccccc4)nn3c2=O)cc1[N+](=O)[O-]. The zero-order valence-electron chi connectivity index (χ0n) is 21.5. The molecule has 0 unspecified atom stereocenters. The molecule has 12 heteroatoms. The first kappa shape index (κ1) is 25.8. The van der Waals surface area contributed by atoms with E-state index >= 15 is 0 Å². The molecule has 0 atom stereocenters. The van der Waals surface area contributed by atoms with Crippen molar-refractivity contribution in [1.29, 1.82) is 0 Å². The van der Waals surface area contributed by atoms with Crippen LogP contribution >= 0.6 is 11.3 Å². The Hall–Kier alpha value is -5.49. The van der Waals surface area contributed by atoms with Crippen molar-refractivity contribution < 1.29 is 9.66 Å². The van der Waals surface area contributed by atoms with Crippen LogP contribution in [-0.2, 0) is 0 Å². The summed E-state index contributed by atoms with van der Waals surface area (Å²) in [4.78, 5) is 41.7. The highest BCUT2D eigenvalue weighted by molar-refractivity contribution is 7.15. The fourth-order valence-corrected chi connectivity index (χ4v) is 5.24. The van der Waals surface area contributed by atoms with E-state index in [9.17, 15) is 19.7 Å². The molecule has 0 amide bonds. The Morgan fingerprint density at radius 2 is 1.68 bits per heavy atom. The highest BCUT2D eigenvalue weighted by Crippen LogP contribution is 2.34. The number of fused-ring (bicyclic) bond motifs is 1. The molecule has 202 valence electrons. The molecule has 0 fully saturated rings. The lowest BCUT2D eigenvalue weighted by molar-refractivity contribution is -0.385. The maximum absolute atomic E-state index is 13.4. The second-order valence-electron chi connectivity index (χ2n) is 8.83. The molecule has 0 radical (unpaired) electrons. The third-order valence-electron chi connectivity index (χ3n) is 6.21. The zero-order chi connectivity index (χ0) is 28.5. The van der Waals surface area contributed by atoms with Gasteiger partial charge in [-0.15, -0.1) is 0 Å². The molecule has 0 saturated carbocycles. The van der Waals surface area contributed by atoms with Crippen molar-refractivity contribution in [1.82, 2.24) is 24.4 Å². The third kappa shape index (κ3) is 4.87. The molecule has 11 nitrogen and oxygen atoms in total. The normalized spacial score (nSPS) is 11.7. The molecule has 0 aliphatic carbocycles. The highest BCUT2D eigenvalue weighted by Gasteiger charge is 2.20. The maximum Gasteiger partial charge on any atom is 0.311 e. The number of nitrogens with zero attached hydrogens (tertiary/aromatic N) is 6. The number of ether oxygens (including phenoxy) is 1. The van der Waals surface area contributed by atoms with Gasteiger partial charge in [0, 0.05) is 29.0 Å². The molecule has 0 N–H and O–H groups in total. The second-order valence-corrected chi connectivity index (χ2v) is 9.84. The van der Waals surface area contributed by atoms with Gasteiger partial charge in [0.15, 0.2) is 11.4 Å². The van der Waals surface area contributed by atoms with Crippen LogP contribution in [0.4, 0.5) is 5.69 Å². The Balaban J connectivity index is 1.55. The van der Waals surface area contributed by atoms with Crippen molar-refractivity contribution in [2.75, 3.05) is 6.61 Å². The predicted octanol–water partition coefficient (Wildman–Crippen LogP) is 3.89. The molecule has 0 spiro atoms. The number of benzene rings is 3. The van der Waals surface area contributed by atoms with Crippen LogP contribution in [0.25, 0.3) is 39.2 Å². The number of hydrogen-bond acceptors (Lipinski definition) is 9. The van der Waals surface area contributed by atoms with Crippen molar-refractivity contribution in [2.24, 2.45) is 0 Å². The van der Waals surface area contributed by atoms with E-state index in [1.807, 2.05) is 36.4 Å². The molecule has 0 bridgehead atoms. The van der Waals surface area contributed by atoms with Crippen molar-refractivity contribution in [3.8, 4) is 34.0 Å². The lowest BCUT2D eigenvalue weighted by Gasteiger charge is -2.06. The first-order valence-corrected chi connectivity index (χ1v) is 13.3. The summed E-state index contributed by atoms with van der Waals surface area (Å²) >= 11 is 1.02. The lowest BCUT2D eigenvalue weighted by Crippen LogP contribution is -2.26. The van der Waals surface area contributed by atoms with E-state index in [2.05, 4.69) is 10.1 Å². The van der Waals surface area contributed by atoms with Crippen LogP contribution in [0.1, 0.15) is 12.5 Å². The number of hydrogen-bond donors (Lipinski definition) is 0. The summed E-state index contributed by atoms with van der Waals surface area (Å²) in [7, 11) is 0. The standard InChI is InChI=1S/C29H20N6O5S/c1-2-40-23-14-13-19(15-22(23)35(38)39)25-20(17-33(31-25)21-11-7-4-8-12-21)16-24-28(37)34-29(41-24)30-27(36)26(32-34)18-9-5-3-6-10-18/h3-17H,2H2,1H3. The van der Waals surface area contributed by atoms with Crippen LogP contribution in [0.2, 0.25) is 0 Å². The van der Waals surface area contributed by atoms with Gasteiger partial charge in [0.1, 0.15) is 5.69 Å². The Labute approximate surface area is 235 Å². The van der Waals surface area contributed by atoms with Gasteiger partial charge in [-0.05, 0) is 37.3 Å². The van der Waals surface area contributed by atoms with E-state index in [4.69, 9.17) is 9.84 Å². The number of thiazole rings is 1. The molecule has 41 heavy (non-hydrogen) atoms. The Morgan fingerprint density at radius 3 is 2.39 bits per heavy atom. The molecular formula is C29H20N6O5S. The number of rotatable bonds is 7. The Morgan fingerprint density at radius 1 is 0.951 bits per heavy atom. The summed E-state index contributed by atoms with van der Waals surface area (Å²) in [5.74, 6) is 0.150. The van der Waals surface area contributed by atoms with Gasteiger partial charge in [-0.2, -0.15) is 19.7 Å². The second kappa shape index (κ2) is 10.6. The molecule has 0 aliphatic rings. The maximum atomic E-state index is 13.4. The van der Waals surface area contributed by atoms with Crippen molar-refractivity contribution in [3.05, 3.63) is 126 Å². The third-order valence-corrected chi connectivity index (χ3v) is 7.17. The summed E-state index contributed by atoms with van der Waals surface area (Å²) < 4.78 is 8.45. The van der Waals surface area contributed by atoms with Gasteiger partial charge >= 0.3 is 11.2 Å². The van der Waals surface area contributed by atoms with E-state index in [-0.39, 0.29) is 33.2 Å². The van der Waals surface area contributed by atoms with E-state index < -0.39 is 16.0 Å². The lowest BCUT2D eigenvalue weighted by atomic mass is 10.1. The zero-order valence-corrected chi connectivity index (χ0v) is 22.3. The fraction of sp³-hybridized carbons (Fsp3) is 0.0690. The molecule has 3 aromatic heterocycles. The van der Waals surface area contributed by atoms with Gasteiger partial charge in [-0.3, -0.25) is 19.7 Å². The molecule has 6 aromatic rings. The van der Waals surface area contributed by atoms with Crippen LogP contribution in [0.3, 0.4) is 0 Å². The number of aromatic nitrogens is 5. The van der Waals surface area contributed by atoms with Gasteiger partial charge in [-0.1, -0.05) is 59.9 Å². The first-order valence-electron chi connectivity index (χ1n) is 12.5. The summed E-state index contributed by atoms with van der Waals surface area (Å²) in [5, 5.41) is 20.8. The highest BCUT2D eigenvalue weighted by atomic mass is 32.1. The average molecular weight is 565 g/mol. The van der Waals surface area contributed by atoms with Gasteiger partial charge in [-0.25, -0.2) is 4.68 Å². The molecule has 3 aromatic carbocycles. The van der Waals surface area contributed by atoms with Crippen LogP contribution < -0.4 is 20.4 Å². The minimum absolute atomic E-state index is 0.0730. The quantitative estimate of drug-likeness (QED) is 0.211. The number of nitro benzene ring substituents is 1. The van der Waals surface area contributed by atoms with Gasteiger partial charge < -0.3 is 4.74 Å². The van der Waals surface area contributed by atoms with E-state index in [1.54, 1.807) is 54.2 Å². The van der Waals surface area contributed by atoms with Crippen LogP contribution in [0.15, 0.2) is 94.6 Å². The molecule has 0 aliphatic heterocycles.